The summed E-state index contributed by atoms with van der Waals surface area (Å²) in [4.78, 5) is 5.34. The van der Waals surface area contributed by atoms with E-state index < -0.39 is 0 Å². The van der Waals surface area contributed by atoms with Crippen molar-refractivity contribution in [3.8, 4) is 0 Å². The molecule has 4 atom stereocenters. The van der Waals surface area contributed by atoms with E-state index in [1.165, 1.54) is 64.7 Å². The van der Waals surface area contributed by atoms with Crippen LogP contribution in [0.1, 0.15) is 59.3 Å². The number of likely N-dealkylation sites (N-methyl/N-ethyl adjacent to an activating group) is 1. The normalized spacial score (nSPS) is 35.9. The number of hydrogen-bond donors (Lipinski definition) is 1. The molecule has 118 valence electrons. The van der Waals surface area contributed by atoms with Crippen LogP contribution < -0.4 is 5.73 Å². The Balaban J connectivity index is 1.90. The molecule has 4 unspecified atom stereocenters. The Morgan fingerprint density at radius 2 is 1.85 bits per heavy atom. The molecule has 0 aromatic rings. The van der Waals surface area contributed by atoms with Crippen molar-refractivity contribution in [2.45, 2.75) is 77.4 Å². The highest BCUT2D eigenvalue weighted by molar-refractivity contribution is 4.94. The van der Waals surface area contributed by atoms with Gasteiger partial charge >= 0.3 is 0 Å². The van der Waals surface area contributed by atoms with Crippen molar-refractivity contribution < 1.29 is 0 Å². The first-order valence-corrected chi connectivity index (χ1v) is 8.93. The second kappa shape index (κ2) is 7.77. The Labute approximate surface area is 125 Å². The zero-order valence-corrected chi connectivity index (χ0v) is 13.9. The van der Waals surface area contributed by atoms with Gasteiger partial charge in [0, 0.05) is 31.2 Å². The fraction of sp³-hybridized carbons (Fsp3) is 1.00. The molecule has 1 saturated carbocycles. The topological polar surface area (TPSA) is 32.5 Å². The van der Waals surface area contributed by atoms with Crippen LogP contribution in [-0.4, -0.2) is 54.1 Å². The van der Waals surface area contributed by atoms with Crippen LogP contribution in [-0.2, 0) is 0 Å². The molecule has 1 saturated heterocycles. The van der Waals surface area contributed by atoms with Crippen LogP contribution in [0, 0.1) is 5.92 Å². The summed E-state index contributed by atoms with van der Waals surface area (Å²) >= 11 is 0. The fourth-order valence-electron chi connectivity index (χ4n) is 4.45. The van der Waals surface area contributed by atoms with Gasteiger partial charge in [-0.1, -0.05) is 33.6 Å². The third kappa shape index (κ3) is 3.75. The number of nitrogens with zero attached hydrogens (tertiary/aromatic N) is 2. The van der Waals surface area contributed by atoms with Crippen molar-refractivity contribution in [2.24, 2.45) is 11.7 Å². The lowest BCUT2D eigenvalue weighted by Crippen LogP contribution is -2.51. The van der Waals surface area contributed by atoms with Gasteiger partial charge in [0.15, 0.2) is 0 Å². The van der Waals surface area contributed by atoms with Gasteiger partial charge in [-0.3, -0.25) is 9.80 Å². The molecular formula is C17H35N3. The molecule has 3 nitrogen and oxygen atoms in total. The monoisotopic (exact) mass is 281 g/mol. The average molecular weight is 281 g/mol. The van der Waals surface area contributed by atoms with E-state index in [-0.39, 0.29) is 0 Å². The lowest BCUT2D eigenvalue weighted by Gasteiger charge is -2.40. The maximum atomic E-state index is 6.45. The predicted molar refractivity (Wildman–Crippen MR) is 86.9 cm³/mol. The third-order valence-corrected chi connectivity index (χ3v) is 5.67. The summed E-state index contributed by atoms with van der Waals surface area (Å²) in [5.41, 5.74) is 6.45. The summed E-state index contributed by atoms with van der Waals surface area (Å²) in [5, 5.41) is 0. The Morgan fingerprint density at radius 1 is 1.10 bits per heavy atom. The molecule has 0 amide bonds. The molecule has 1 aliphatic heterocycles. The van der Waals surface area contributed by atoms with Crippen LogP contribution >= 0.6 is 0 Å². The van der Waals surface area contributed by atoms with E-state index in [2.05, 4.69) is 30.6 Å². The van der Waals surface area contributed by atoms with E-state index in [4.69, 9.17) is 5.73 Å². The van der Waals surface area contributed by atoms with Crippen LogP contribution in [0.4, 0.5) is 0 Å². The minimum absolute atomic E-state index is 0.415. The van der Waals surface area contributed by atoms with Gasteiger partial charge in [-0.15, -0.1) is 0 Å². The maximum Gasteiger partial charge on any atom is 0.0250 e. The van der Waals surface area contributed by atoms with E-state index in [1.807, 2.05) is 0 Å². The summed E-state index contributed by atoms with van der Waals surface area (Å²) in [7, 11) is 0. The first-order valence-electron chi connectivity index (χ1n) is 8.93. The molecule has 0 spiro atoms. The summed E-state index contributed by atoms with van der Waals surface area (Å²) < 4.78 is 0. The molecular weight excluding hydrogens is 246 g/mol. The van der Waals surface area contributed by atoms with Crippen molar-refractivity contribution in [1.29, 1.82) is 0 Å². The zero-order chi connectivity index (χ0) is 14.5. The standard InChI is InChI=1S/C17H35N3/c1-4-7-14-8-9-16(18)17(12-14)20-11-10-15(13-20)19(5-2)6-3/h14-17H,4-13,18H2,1-3H3. The first kappa shape index (κ1) is 16.3. The maximum absolute atomic E-state index is 6.45. The summed E-state index contributed by atoms with van der Waals surface area (Å²) in [6.07, 6.45) is 8.01. The molecule has 2 rings (SSSR count). The lowest BCUT2D eigenvalue weighted by molar-refractivity contribution is 0.119. The Morgan fingerprint density at radius 3 is 2.50 bits per heavy atom. The second-order valence-corrected chi connectivity index (χ2v) is 6.86. The average Bonchev–Trinajstić information content (AvgIpc) is 2.92. The molecule has 0 aromatic carbocycles. The summed E-state index contributed by atoms with van der Waals surface area (Å²) in [5.74, 6) is 0.928. The largest absolute Gasteiger partial charge is 0.326 e. The van der Waals surface area contributed by atoms with Gasteiger partial charge in [-0.2, -0.15) is 0 Å². The van der Waals surface area contributed by atoms with Gasteiger partial charge in [0.25, 0.3) is 0 Å². The quantitative estimate of drug-likeness (QED) is 0.812. The predicted octanol–water partition coefficient (Wildman–Crippen LogP) is 2.70. The number of hydrogen-bond acceptors (Lipinski definition) is 3. The molecule has 3 heteroatoms. The van der Waals surface area contributed by atoms with Gasteiger partial charge in [-0.25, -0.2) is 0 Å². The highest BCUT2D eigenvalue weighted by Crippen LogP contribution is 2.32. The molecule has 0 bridgehead atoms. The van der Waals surface area contributed by atoms with Crippen molar-refractivity contribution in [3.63, 3.8) is 0 Å². The summed E-state index contributed by atoms with van der Waals surface area (Å²) in [6, 6.07) is 1.84. The zero-order valence-electron chi connectivity index (χ0n) is 13.9. The van der Waals surface area contributed by atoms with Gasteiger partial charge in [-0.05, 0) is 44.7 Å². The Hall–Kier alpha value is -0.120. The highest BCUT2D eigenvalue weighted by Gasteiger charge is 2.36. The van der Waals surface area contributed by atoms with Gasteiger partial charge < -0.3 is 5.73 Å². The molecule has 1 heterocycles. The smallest absolute Gasteiger partial charge is 0.0250 e. The van der Waals surface area contributed by atoms with Crippen molar-refractivity contribution in [2.75, 3.05) is 26.2 Å². The number of nitrogens with two attached hydrogens (primary N) is 1. The van der Waals surface area contributed by atoms with Crippen molar-refractivity contribution in [1.82, 2.24) is 9.80 Å². The molecule has 2 N–H and O–H groups in total. The second-order valence-electron chi connectivity index (χ2n) is 6.86. The molecule has 2 aliphatic rings. The molecule has 1 aliphatic carbocycles. The van der Waals surface area contributed by atoms with Gasteiger partial charge in [0.1, 0.15) is 0 Å². The van der Waals surface area contributed by atoms with E-state index in [1.54, 1.807) is 0 Å². The van der Waals surface area contributed by atoms with E-state index in [0.717, 1.165) is 12.0 Å². The first-order chi connectivity index (χ1) is 9.69. The van der Waals surface area contributed by atoms with Crippen LogP contribution in [0.3, 0.4) is 0 Å². The minimum Gasteiger partial charge on any atom is -0.326 e. The van der Waals surface area contributed by atoms with E-state index in [0.29, 0.717) is 12.1 Å². The fourth-order valence-corrected chi connectivity index (χ4v) is 4.45. The molecule has 0 aromatic heterocycles. The summed E-state index contributed by atoms with van der Waals surface area (Å²) in [6.45, 7) is 11.8. The lowest BCUT2D eigenvalue weighted by atomic mass is 9.80. The molecule has 0 radical (unpaired) electrons. The highest BCUT2D eigenvalue weighted by atomic mass is 15.3. The number of likely N-dealkylation sites (tertiary alicyclic amines) is 1. The van der Waals surface area contributed by atoms with E-state index in [9.17, 15) is 0 Å². The van der Waals surface area contributed by atoms with Gasteiger partial charge in [0.2, 0.25) is 0 Å². The Kier molecular flexibility index (Phi) is 6.31. The van der Waals surface area contributed by atoms with Crippen molar-refractivity contribution in [3.05, 3.63) is 0 Å². The molecule has 20 heavy (non-hydrogen) atoms. The van der Waals surface area contributed by atoms with Crippen LogP contribution in [0.5, 0.6) is 0 Å². The van der Waals surface area contributed by atoms with Crippen LogP contribution in [0.15, 0.2) is 0 Å². The SMILES string of the molecule is CCCC1CCC(N)C(N2CCC(N(CC)CC)C2)C1. The number of rotatable bonds is 6. The van der Waals surface area contributed by atoms with Gasteiger partial charge in [0.05, 0.1) is 0 Å². The molecule has 2 fully saturated rings. The third-order valence-electron chi connectivity index (χ3n) is 5.67. The van der Waals surface area contributed by atoms with Crippen molar-refractivity contribution >= 4 is 0 Å². The minimum atomic E-state index is 0.415. The van der Waals surface area contributed by atoms with E-state index >= 15 is 0 Å². The van der Waals surface area contributed by atoms with Crippen LogP contribution in [0.25, 0.3) is 0 Å². The van der Waals surface area contributed by atoms with Crippen LogP contribution in [0.2, 0.25) is 0 Å². The Bertz CT molecular complexity index is 277.